The molecule has 2 N–H and O–H groups in total. The fourth-order valence-electron chi connectivity index (χ4n) is 3.47. The minimum absolute atomic E-state index is 0.0509. The fraction of sp³-hybridized carbons (Fsp3) is 0.500. The maximum absolute atomic E-state index is 13.0. The zero-order valence-electron chi connectivity index (χ0n) is 18.5. The van der Waals surface area contributed by atoms with Crippen molar-refractivity contribution in [2.75, 3.05) is 13.2 Å². The van der Waals surface area contributed by atoms with Crippen LogP contribution in [0.1, 0.15) is 61.3 Å². The van der Waals surface area contributed by atoms with Crippen molar-refractivity contribution >= 4 is 29.7 Å². The van der Waals surface area contributed by atoms with Crippen LogP contribution in [0.25, 0.3) is 0 Å². The number of rotatable bonds is 6. The van der Waals surface area contributed by atoms with Gasteiger partial charge in [-0.25, -0.2) is 4.79 Å². The van der Waals surface area contributed by atoms with Gasteiger partial charge in [-0.05, 0) is 39.3 Å². The van der Waals surface area contributed by atoms with Crippen molar-refractivity contribution in [2.24, 2.45) is 5.92 Å². The second kappa shape index (κ2) is 8.97. The molecule has 2 unspecified atom stereocenters. The SMILES string of the molecule is CC(CNC(=O)OC(C)(C)C)COc1cccc2c1C(=O)N(C1CCC(=O)NC1=O)C2=O. The van der Waals surface area contributed by atoms with E-state index in [1.165, 1.54) is 6.07 Å². The van der Waals surface area contributed by atoms with Crippen molar-refractivity contribution in [3.8, 4) is 5.75 Å². The predicted molar refractivity (Wildman–Crippen MR) is 112 cm³/mol. The number of ether oxygens (including phenoxy) is 2. The molecule has 0 aliphatic carbocycles. The summed E-state index contributed by atoms with van der Waals surface area (Å²) in [4.78, 5) is 62.2. The molecule has 3 rings (SSSR count). The molecule has 2 aliphatic rings. The first-order valence-electron chi connectivity index (χ1n) is 10.4. The van der Waals surface area contributed by atoms with Gasteiger partial charge < -0.3 is 14.8 Å². The predicted octanol–water partition coefficient (Wildman–Crippen LogP) is 1.63. The van der Waals surface area contributed by atoms with Gasteiger partial charge in [0.25, 0.3) is 11.8 Å². The molecule has 1 aromatic carbocycles. The summed E-state index contributed by atoms with van der Waals surface area (Å²) in [6.45, 7) is 7.62. The van der Waals surface area contributed by atoms with Gasteiger partial charge in [0.05, 0.1) is 17.7 Å². The standard InChI is InChI=1S/C22H27N3O7/c1-12(10-23-21(30)32-22(2,3)4)11-31-15-7-5-6-13-17(15)20(29)25(19(13)28)14-8-9-16(26)24-18(14)27/h5-7,12,14H,8-11H2,1-4H3,(H,23,30)(H,24,26,27). The van der Waals surface area contributed by atoms with Crippen LogP contribution in [0.15, 0.2) is 18.2 Å². The van der Waals surface area contributed by atoms with Crippen LogP contribution >= 0.6 is 0 Å². The van der Waals surface area contributed by atoms with Gasteiger partial charge in [0.15, 0.2) is 0 Å². The molecule has 1 fully saturated rings. The van der Waals surface area contributed by atoms with Gasteiger partial charge in [0.1, 0.15) is 17.4 Å². The molecule has 2 heterocycles. The number of nitrogens with one attached hydrogen (secondary N) is 2. The second-order valence-corrected chi connectivity index (χ2v) is 8.92. The molecule has 2 aliphatic heterocycles. The molecule has 32 heavy (non-hydrogen) atoms. The van der Waals surface area contributed by atoms with E-state index in [0.29, 0.717) is 6.54 Å². The van der Waals surface area contributed by atoms with Crippen molar-refractivity contribution in [3.63, 3.8) is 0 Å². The largest absolute Gasteiger partial charge is 0.492 e. The van der Waals surface area contributed by atoms with Crippen LogP contribution in [0.3, 0.4) is 0 Å². The third kappa shape index (κ3) is 5.06. The molecule has 0 bridgehead atoms. The highest BCUT2D eigenvalue weighted by Gasteiger charge is 2.46. The highest BCUT2D eigenvalue weighted by Crippen LogP contribution is 2.33. The minimum atomic E-state index is -1.04. The number of piperidine rings is 1. The lowest BCUT2D eigenvalue weighted by Crippen LogP contribution is -2.54. The molecule has 172 valence electrons. The number of fused-ring (bicyclic) bond motifs is 1. The molecule has 0 radical (unpaired) electrons. The molecular formula is C22H27N3O7. The van der Waals surface area contributed by atoms with Crippen LogP contribution in [-0.4, -0.2) is 59.4 Å². The molecule has 5 amide bonds. The Morgan fingerprint density at radius 3 is 2.59 bits per heavy atom. The topological polar surface area (TPSA) is 131 Å². The Hall–Kier alpha value is -3.43. The maximum Gasteiger partial charge on any atom is 0.407 e. The highest BCUT2D eigenvalue weighted by molar-refractivity contribution is 6.24. The van der Waals surface area contributed by atoms with Crippen molar-refractivity contribution in [2.45, 2.75) is 52.2 Å². The summed E-state index contributed by atoms with van der Waals surface area (Å²) in [7, 11) is 0. The molecule has 10 nitrogen and oxygen atoms in total. The Labute approximate surface area is 185 Å². The van der Waals surface area contributed by atoms with Crippen molar-refractivity contribution < 1.29 is 33.4 Å². The molecule has 0 spiro atoms. The smallest absolute Gasteiger partial charge is 0.407 e. The van der Waals surface area contributed by atoms with E-state index in [1.807, 2.05) is 6.92 Å². The zero-order valence-corrected chi connectivity index (χ0v) is 18.5. The van der Waals surface area contributed by atoms with Gasteiger partial charge in [0, 0.05) is 18.9 Å². The number of carbonyl (C=O) groups excluding carboxylic acids is 5. The zero-order chi connectivity index (χ0) is 23.6. The van der Waals surface area contributed by atoms with Crippen LogP contribution in [-0.2, 0) is 14.3 Å². The lowest BCUT2D eigenvalue weighted by molar-refractivity contribution is -0.136. The van der Waals surface area contributed by atoms with Gasteiger partial charge in [-0.2, -0.15) is 0 Å². The summed E-state index contributed by atoms with van der Waals surface area (Å²) >= 11 is 0. The molecule has 1 aromatic rings. The van der Waals surface area contributed by atoms with E-state index < -0.39 is 41.4 Å². The highest BCUT2D eigenvalue weighted by atomic mass is 16.6. The molecular weight excluding hydrogens is 418 g/mol. The monoisotopic (exact) mass is 445 g/mol. The summed E-state index contributed by atoms with van der Waals surface area (Å²) in [5, 5.41) is 4.83. The summed E-state index contributed by atoms with van der Waals surface area (Å²) in [5.74, 6) is -2.21. The van der Waals surface area contributed by atoms with Gasteiger partial charge in [-0.1, -0.05) is 13.0 Å². The first-order valence-corrected chi connectivity index (χ1v) is 10.4. The van der Waals surface area contributed by atoms with Crippen LogP contribution in [0.4, 0.5) is 4.79 Å². The molecule has 10 heteroatoms. The van der Waals surface area contributed by atoms with E-state index in [0.717, 1.165) is 4.90 Å². The van der Waals surface area contributed by atoms with Crippen LogP contribution in [0, 0.1) is 5.92 Å². The van der Waals surface area contributed by atoms with Gasteiger partial charge in [-0.15, -0.1) is 0 Å². The number of benzene rings is 1. The first kappa shape index (κ1) is 23.2. The summed E-state index contributed by atoms with van der Waals surface area (Å²) in [6, 6.07) is 3.63. The molecule has 0 aromatic heterocycles. The number of amides is 5. The normalized spacial score (nSPS) is 19.4. The van der Waals surface area contributed by atoms with Crippen LogP contribution < -0.4 is 15.4 Å². The molecule has 2 atom stereocenters. The van der Waals surface area contributed by atoms with E-state index in [2.05, 4.69) is 10.6 Å². The Morgan fingerprint density at radius 1 is 1.22 bits per heavy atom. The Balaban J connectivity index is 1.65. The van der Waals surface area contributed by atoms with E-state index in [-0.39, 0.29) is 42.2 Å². The number of nitrogens with zero attached hydrogens (tertiary/aromatic N) is 1. The van der Waals surface area contributed by atoms with E-state index in [9.17, 15) is 24.0 Å². The van der Waals surface area contributed by atoms with Gasteiger partial charge in [0.2, 0.25) is 11.8 Å². The summed E-state index contributed by atoms with van der Waals surface area (Å²) in [6.07, 6.45) is -0.403. The van der Waals surface area contributed by atoms with Crippen molar-refractivity contribution in [3.05, 3.63) is 29.3 Å². The average molecular weight is 445 g/mol. The Morgan fingerprint density at radius 2 is 1.94 bits per heavy atom. The Bertz CT molecular complexity index is 967. The third-order valence-corrected chi connectivity index (χ3v) is 4.95. The summed E-state index contributed by atoms with van der Waals surface area (Å²) in [5.41, 5.74) is -0.360. The van der Waals surface area contributed by atoms with E-state index in [4.69, 9.17) is 9.47 Å². The van der Waals surface area contributed by atoms with Crippen molar-refractivity contribution in [1.82, 2.24) is 15.5 Å². The van der Waals surface area contributed by atoms with Crippen molar-refractivity contribution in [1.29, 1.82) is 0 Å². The number of alkyl carbamates (subject to hydrolysis) is 1. The number of imide groups is 2. The Kier molecular flexibility index (Phi) is 6.52. The maximum atomic E-state index is 13.0. The number of hydrogen-bond acceptors (Lipinski definition) is 7. The second-order valence-electron chi connectivity index (χ2n) is 8.92. The lowest BCUT2D eigenvalue weighted by atomic mass is 10.0. The number of hydrogen-bond donors (Lipinski definition) is 2. The lowest BCUT2D eigenvalue weighted by Gasteiger charge is -2.27. The van der Waals surface area contributed by atoms with E-state index >= 15 is 0 Å². The minimum Gasteiger partial charge on any atom is -0.492 e. The van der Waals surface area contributed by atoms with Gasteiger partial charge >= 0.3 is 6.09 Å². The quantitative estimate of drug-likeness (QED) is 0.636. The number of carbonyl (C=O) groups is 5. The van der Waals surface area contributed by atoms with Gasteiger partial charge in [-0.3, -0.25) is 29.4 Å². The fourth-order valence-corrected chi connectivity index (χ4v) is 3.47. The first-order chi connectivity index (χ1) is 15.0. The van der Waals surface area contributed by atoms with Crippen LogP contribution in [0.2, 0.25) is 0 Å². The summed E-state index contributed by atoms with van der Waals surface area (Å²) < 4.78 is 11.0. The molecule has 1 saturated heterocycles. The van der Waals surface area contributed by atoms with E-state index in [1.54, 1.807) is 32.9 Å². The average Bonchev–Trinajstić information content (AvgIpc) is 2.95. The van der Waals surface area contributed by atoms with Crippen LogP contribution in [0.5, 0.6) is 5.75 Å². The third-order valence-electron chi connectivity index (χ3n) is 4.95. The molecule has 0 saturated carbocycles.